The minimum absolute atomic E-state index is 0.103. The van der Waals surface area contributed by atoms with Crippen molar-refractivity contribution in [3.05, 3.63) is 29.8 Å². The first kappa shape index (κ1) is 19.2. The van der Waals surface area contributed by atoms with Gasteiger partial charge in [0.2, 0.25) is 5.91 Å². The van der Waals surface area contributed by atoms with Crippen LogP contribution in [0.4, 0.5) is 10.5 Å². The van der Waals surface area contributed by atoms with Crippen LogP contribution in [0.3, 0.4) is 0 Å². The van der Waals surface area contributed by atoms with Gasteiger partial charge in [0, 0.05) is 39.0 Å². The predicted molar refractivity (Wildman–Crippen MR) is 98.7 cm³/mol. The van der Waals surface area contributed by atoms with Crippen molar-refractivity contribution in [3.63, 3.8) is 0 Å². The van der Waals surface area contributed by atoms with Crippen LogP contribution in [0.2, 0.25) is 0 Å². The fraction of sp³-hybridized carbons (Fsp3) is 0.579. The van der Waals surface area contributed by atoms with Crippen molar-refractivity contribution in [1.82, 2.24) is 9.80 Å². The molecular weight excluding hydrogens is 318 g/mol. The third kappa shape index (κ3) is 5.46. The molecule has 1 aromatic rings. The highest BCUT2D eigenvalue weighted by molar-refractivity contribution is 5.89. The van der Waals surface area contributed by atoms with E-state index in [4.69, 9.17) is 4.74 Å². The number of hydrogen-bond acceptors (Lipinski definition) is 3. The number of nitrogens with one attached hydrogen (secondary N) is 1. The lowest BCUT2D eigenvalue weighted by Gasteiger charge is -2.31. The Morgan fingerprint density at radius 3 is 2.52 bits per heavy atom. The van der Waals surface area contributed by atoms with Crippen LogP contribution >= 0.6 is 0 Å². The van der Waals surface area contributed by atoms with Gasteiger partial charge in [-0.25, -0.2) is 4.79 Å². The third-order valence-electron chi connectivity index (χ3n) is 4.68. The molecule has 6 nitrogen and oxygen atoms in total. The fourth-order valence-electron chi connectivity index (χ4n) is 3.09. The number of ether oxygens (including phenoxy) is 1. The van der Waals surface area contributed by atoms with E-state index in [9.17, 15) is 9.59 Å². The predicted octanol–water partition coefficient (Wildman–Crippen LogP) is 2.74. The number of amides is 3. The van der Waals surface area contributed by atoms with Gasteiger partial charge in [-0.2, -0.15) is 0 Å². The van der Waals surface area contributed by atoms with Crippen LogP contribution in [-0.4, -0.2) is 61.1 Å². The number of urea groups is 1. The standard InChI is InChI=1S/C19H29N3O3/c1-4-21(5-2)18(23)13-15-8-10-16(11-9-15)20-19(24)22-12-6-7-17(14-22)25-3/h8-11,17H,4-7,12-14H2,1-3H3,(H,20,24)/t17-/m0/s1. The molecule has 1 saturated heterocycles. The van der Waals surface area contributed by atoms with Gasteiger partial charge in [-0.1, -0.05) is 12.1 Å². The number of carbonyl (C=O) groups is 2. The van der Waals surface area contributed by atoms with Crippen LogP contribution in [0.5, 0.6) is 0 Å². The number of nitrogens with zero attached hydrogens (tertiary/aromatic N) is 2. The first-order valence-electron chi connectivity index (χ1n) is 9.02. The Hall–Kier alpha value is -2.08. The van der Waals surface area contributed by atoms with Crippen molar-refractivity contribution in [3.8, 4) is 0 Å². The van der Waals surface area contributed by atoms with Crippen LogP contribution in [0.25, 0.3) is 0 Å². The first-order chi connectivity index (χ1) is 12.1. The van der Waals surface area contributed by atoms with E-state index in [1.54, 1.807) is 12.0 Å². The van der Waals surface area contributed by atoms with Crippen molar-refractivity contribution in [2.24, 2.45) is 0 Å². The minimum atomic E-state index is -0.103. The van der Waals surface area contributed by atoms with E-state index in [1.165, 1.54) is 0 Å². The average Bonchev–Trinajstić information content (AvgIpc) is 2.64. The van der Waals surface area contributed by atoms with Gasteiger partial charge >= 0.3 is 6.03 Å². The maximum atomic E-state index is 12.4. The summed E-state index contributed by atoms with van der Waals surface area (Å²) < 4.78 is 5.35. The van der Waals surface area contributed by atoms with Gasteiger partial charge in [-0.05, 0) is 44.4 Å². The summed E-state index contributed by atoms with van der Waals surface area (Å²) >= 11 is 0. The maximum absolute atomic E-state index is 12.4. The summed E-state index contributed by atoms with van der Waals surface area (Å²) in [5.74, 6) is 0.126. The molecule has 0 radical (unpaired) electrons. The Morgan fingerprint density at radius 1 is 1.24 bits per heavy atom. The lowest BCUT2D eigenvalue weighted by Crippen LogP contribution is -2.44. The highest BCUT2D eigenvalue weighted by Crippen LogP contribution is 2.16. The van der Waals surface area contributed by atoms with E-state index in [2.05, 4.69) is 5.32 Å². The Labute approximate surface area is 150 Å². The molecule has 6 heteroatoms. The molecule has 1 aliphatic rings. The monoisotopic (exact) mass is 347 g/mol. The fourth-order valence-corrected chi connectivity index (χ4v) is 3.09. The molecule has 1 atom stereocenters. The molecule has 25 heavy (non-hydrogen) atoms. The van der Waals surface area contributed by atoms with Crippen molar-refractivity contribution in [2.45, 2.75) is 39.2 Å². The van der Waals surface area contributed by atoms with E-state index in [0.29, 0.717) is 13.0 Å². The van der Waals surface area contributed by atoms with Crippen LogP contribution in [-0.2, 0) is 16.0 Å². The zero-order valence-corrected chi connectivity index (χ0v) is 15.5. The van der Waals surface area contributed by atoms with Crippen LogP contribution in [0, 0.1) is 0 Å². The van der Waals surface area contributed by atoms with Gasteiger partial charge in [0.05, 0.1) is 12.5 Å². The number of hydrogen-bond donors (Lipinski definition) is 1. The molecular formula is C19H29N3O3. The van der Waals surface area contributed by atoms with Crippen LogP contribution in [0.1, 0.15) is 32.3 Å². The zero-order valence-electron chi connectivity index (χ0n) is 15.5. The number of likely N-dealkylation sites (tertiary alicyclic amines) is 1. The Bertz CT molecular complexity index is 570. The summed E-state index contributed by atoms with van der Waals surface area (Å²) in [4.78, 5) is 28.1. The second kappa shape index (κ2) is 9.42. The Kier molecular flexibility index (Phi) is 7.25. The average molecular weight is 347 g/mol. The molecule has 138 valence electrons. The molecule has 0 aliphatic carbocycles. The highest BCUT2D eigenvalue weighted by atomic mass is 16.5. The molecule has 1 aromatic carbocycles. The van der Waals surface area contributed by atoms with Gasteiger partial charge in [-0.3, -0.25) is 4.79 Å². The molecule has 3 amide bonds. The van der Waals surface area contributed by atoms with Crippen LogP contribution < -0.4 is 5.32 Å². The van der Waals surface area contributed by atoms with E-state index in [0.717, 1.165) is 43.7 Å². The lowest BCUT2D eigenvalue weighted by molar-refractivity contribution is -0.130. The van der Waals surface area contributed by atoms with Crippen molar-refractivity contribution < 1.29 is 14.3 Å². The normalized spacial score (nSPS) is 17.2. The van der Waals surface area contributed by atoms with Gasteiger partial charge < -0.3 is 19.9 Å². The van der Waals surface area contributed by atoms with E-state index in [1.807, 2.05) is 43.0 Å². The molecule has 1 N–H and O–H groups in total. The molecule has 0 aromatic heterocycles. The zero-order chi connectivity index (χ0) is 18.2. The number of carbonyl (C=O) groups excluding carboxylic acids is 2. The molecule has 0 spiro atoms. The van der Waals surface area contributed by atoms with Gasteiger partial charge in [0.15, 0.2) is 0 Å². The summed E-state index contributed by atoms with van der Waals surface area (Å²) in [6.07, 6.45) is 2.46. The van der Waals surface area contributed by atoms with Crippen molar-refractivity contribution in [2.75, 3.05) is 38.6 Å². The lowest BCUT2D eigenvalue weighted by atomic mass is 10.1. The SMILES string of the molecule is CCN(CC)C(=O)Cc1ccc(NC(=O)N2CCC[C@H](OC)C2)cc1. The molecule has 1 fully saturated rings. The Morgan fingerprint density at radius 2 is 1.92 bits per heavy atom. The second-order valence-electron chi connectivity index (χ2n) is 6.32. The molecule has 1 aliphatic heterocycles. The van der Waals surface area contributed by atoms with Crippen molar-refractivity contribution >= 4 is 17.6 Å². The van der Waals surface area contributed by atoms with Gasteiger partial charge in [-0.15, -0.1) is 0 Å². The van der Waals surface area contributed by atoms with Gasteiger partial charge in [0.1, 0.15) is 0 Å². The summed E-state index contributed by atoms with van der Waals surface area (Å²) in [6.45, 7) is 6.79. The minimum Gasteiger partial charge on any atom is -0.380 e. The molecule has 0 bridgehead atoms. The van der Waals surface area contributed by atoms with Crippen LogP contribution in [0.15, 0.2) is 24.3 Å². The second-order valence-corrected chi connectivity index (χ2v) is 6.32. The number of piperidine rings is 1. The Balaban J connectivity index is 1.89. The molecule has 0 saturated carbocycles. The number of benzene rings is 1. The number of likely N-dealkylation sites (N-methyl/N-ethyl adjacent to an activating group) is 1. The number of anilines is 1. The quantitative estimate of drug-likeness (QED) is 0.861. The van der Waals surface area contributed by atoms with E-state index >= 15 is 0 Å². The number of methoxy groups -OCH3 is 1. The summed E-state index contributed by atoms with van der Waals surface area (Å²) in [6, 6.07) is 7.38. The topological polar surface area (TPSA) is 61.9 Å². The van der Waals surface area contributed by atoms with Gasteiger partial charge in [0.25, 0.3) is 0 Å². The number of rotatable bonds is 6. The summed E-state index contributed by atoms with van der Waals surface area (Å²) in [5.41, 5.74) is 1.69. The van der Waals surface area contributed by atoms with Crippen molar-refractivity contribution in [1.29, 1.82) is 0 Å². The highest BCUT2D eigenvalue weighted by Gasteiger charge is 2.23. The first-order valence-corrected chi connectivity index (χ1v) is 9.02. The van der Waals surface area contributed by atoms with E-state index in [-0.39, 0.29) is 18.0 Å². The molecule has 1 heterocycles. The third-order valence-corrected chi connectivity index (χ3v) is 4.68. The maximum Gasteiger partial charge on any atom is 0.321 e. The molecule has 2 rings (SSSR count). The summed E-state index contributed by atoms with van der Waals surface area (Å²) in [7, 11) is 1.68. The largest absolute Gasteiger partial charge is 0.380 e. The summed E-state index contributed by atoms with van der Waals surface area (Å²) in [5, 5.41) is 2.92. The smallest absolute Gasteiger partial charge is 0.321 e. The van der Waals surface area contributed by atoms with E-state index < -0.39 is 0 Å². The molecule has 0 unspecified atom stereocenters.